The van der Waals surface area contributed by atoms with Crippen LogP contribution in [0.1, 0.15) is 5.56 Å². The molecule has 0 spiro atoms. The maximum atomic E-state index is 12.1. The van der Waals surface area contributed by atoms with Gasteiger partial charge in [-0.3, -0.25) is 0 Å². The summed E-state index contributed by atoms with van der Waals surface area (Å²) in [6.45, 7) is 0. The Hall–Kier alpha value is -3.08. The molecule has 8 heteroatoms. The van der Waals surface area contributed by atoms with E-state index in [1.807, 2.05) is 6.07 Å². The fourth-order valence-corrected chi connectivity index (χ4v) is 1.71. The number of hydrogen-bond acceptors (Lipinski definition) is 4. The quantitative estimate of drug-likeness (QED) is 0.624. The molecule has 2 aromatic carbocycles. The highest BCUT2D eigenvalue weighted by Gasteiger charge is 2.31. The highest BCUT2D eigenvalue weighted by molar-refractivity contribution is 5.63. The van der Waals surface area contributed by atoms with Gasteiger partial charge in [-0.15, -0.1) is 18.1 Å². The second-order valence-corrected chi connectivity index (χ2v) is 4.09. The molecule has 22 heavy (non-hydrogen) atoms. The van der Waals surface area contributed by atoms with Gasteiger partial charge in [-0.05, 0) is 48.5 Å². The van der Waals surface area contributed by atoms with Crippen LogP contribution < -0.4 is 9.75 Å². The van der Waals surface area contributed by atoms with Crippen LogP contribution in [0, 0.1) is 16.2 Å². The molecule has 0 N–H and O–H groups in total. The van der Waals surface area contributed by atoms with Crippen molar-refractivity contribution in [2.45, 2.75) is 6.36 Å². The summed E-state index contributed by atoms with van der Waals surface area (Å²) in [5.41, 5.74) is 1.04. The van der Waals surface area contributed by atoms with Gasteiger partial charge in [0.2, 0.25) is 0 Å². The van der Waals surface area contributed by atoms with Gasteiger partial charge in [0.05, 0.1) is 28.3 Å². The fraction of sp³-hybridized carbons (Fsp3) is 0.0714. The second-order valence-electron chi connectivity index (χ2n) is 4.09. The van der Waals surface area contributed by atoms with Crippen molar-refractivity contribution in [3.05, 3.63) is 59.0 Å². The van der Waals surface area contributed by atoms with Gasteiger partial charge in [-0.2, -0.15) is 10.3 Å². The number of nitrogens with zero attached hydrogens (tertiary/aromatic N) is 3. The van der Waals surface area contributed by atoms with Gasteiger partial charge >= 0.3 is 6.36 Å². The molecule has 0 fully saturated rings. The summed E-state index contributed by atoms with van der Waals surface area (Å²) in [4.78, 5) is 11.0. The van der Waals surface area contributed by atoms with Crippen LogP contribution in [-0.2, 0) is 0 Å². The minimum Gasteiger partial charge on any atom is -0.406 e. The summed E-state index contributed by atoms with van der Waals surface area (Å²) < 4.78 is 40.0. The average molecular weight is 307 g/mol. The van der Waals surface area contributed by atoms with Crippen molar-refractivity contribution in [3.63, 3.8) is 0 Å². The molecule has 0 saturated carbocycles. The zero-order valence-corrected chi connectivity index (χ0v) is 10.9. The van der Waals surface area contributed by atoms with Crippen molar-refractivity contribution < 1.29 is 17.9 Å². The molecule has 2 aromatic rings. The number of ether oxygens (including phenoxy) is 1. The number of nitroso groups, excluding NO2 is 1. The van der Waals surface area contributed by atoms with E-state index in [1.54, 1.807) is 0 Å². The Morgan fingerprint density at radius 3 is 1.91 bits per heavy atom. The lowest BCUT2D eigenvalue weighted by Crippen LogP contribution is -2.17. The predicted octanol–water partition coefficient (Wildman–Crippen LogP) is 4.28. The molecule has 5 nitrogen and oxygen atoms in total. The number of hydrogen-bond donors (Lipinski definition) is 0. The van der Waals surface area contributed by atoms with Gasteiger partial charge in [0, 0.05) is 0 Å². The third kappa shape index (κ3) is 3.73. The van der Waals surface area contributed by atoms with Crippen molar-refractivity contribution >= 4 is 11.4 Å². The molecule has 0 saturated heterocycles. The van der Waals surface area contributed by atoms with Crippen molar-refractivity contribution in [1.82, 2.24) is 0 Å². The number of nitriles is 1. The Balaban J connectivity index is 2.24. The van der Waals surface area contributed by atoms with Crippen LogP contribution in [0.25, 0.3) is 0 Å². The predicted molar refractivity (Wildman–Crippen MR) is 72.2 cm³/mol. The lowest BCUT2D eigenvalue weighted by atomic mass is 10.2. The molecule has 0 radical (unpaired) electrons. The van der Waals surface area contributed by atoms with Gasteiger partial charge < -0.3 is 4.74 Å². The first-order valence-electron chi connectivity index (χ1n) is 5.92. The molecule has 0 unspecified atom stereocenters. The molecule has 2 rings (SSSR count). The minimum atomic E-state index is -4.78. The zero-order valence-electron chi connectivity index (χ0n) is 10.9. The molecule has 0 bridgehead atoms. The molecule has 0 atom stereocenters. The van der Waals surface area contributed by atoms with Gasteiger partial charge in [0.15, 0.2) is 0 Å². The number of benzene rings is 2. The molecular weight excluding hydrogens is 299 g/mol. The number of rotatable bonds is 4. The molecular formula is C14H8F3N3O2. The maximum absolute atomic E-state index is 12.1. The Morgan fingerprint density at radius 2 is 1.50 bits per heavy atom. The molecule has 0 amide bonds. The van der Waals surface area contributed by atoms with E-state index >= 15 is 0 Å². The molecule has 112 valence electrons. The largest absolute Gasteiger partial charge is 0.573 e. The SMILES string of the molecule is N#Cc1ccc(N(N=O)c2ccc(OC(F)(F)F)cc2)cc1. The van der Waals surface area contributed by atoms with Gasteiger partial charge in [0.1, 0.15) is 5.75 Å². The highest BCUT2D eigenvalue weighted by atomic mass is 19.4. The van der Waals surface area contributed by atoms with Crippen LogP contribution in [0.4, 0.5) is 24.5 Å². The summed E-state index contributed by atoms with van der Waals surface area (Å²) in [7, 11) is 0. The third-order valence-corrected chi connectivity index (χ3v) is 2.64. The Kier molecular flexibility index (Phi) is 4.27. The molecule has 0 aromatic heterocycles. The molecule has 0 aliphatic rings. The Bertz CT molecular complexity index is 691. The van der Waals surface area contributed by atoms with Crippen LogP contribution in [-0.4, -0.2) is 6.36 Å². The second kappa shape index (κ2) is 6.13. The van der Waals surface area contributed by atoms with E-state index < -0.39 is 12.1 Å². The van der Waals surface area contributed by atoms with Crippen LogP contribution >= 0.6 is 0 Å². The summed E-state index contributed by atoms with van der Waals surface area (Å²) >= 11 is 0. The van der Waals surface area contributed by atoms with Gasteiger partial charge in [-0.25, -0.2) is 0 Å². The topological polar surface area (TPSA) is 65.7 Å². The number of alkyl halides is 3. The first-order chi connectivity index (χ1) is 10.4. The van der Waals surface area contributed by atoms with Crippen molar-refractivity contribution in [1.29, 1.82) is 5.26 Å². The number of anilines is 2. The third-order valence-electron chi connectivity index (χ3n) is 2.64. The van der Waals surface area contributed by atoms with Crippen LogP contribution in [0.5, 0.6) is 5.75 Å². The highest BCUT2D eigenvalue weighted by Crippen LogP contribution is 2.29. The summed E-state index contributed by atoms with van der Waals surface area (Å²) in [5.74, 6) is -0.401. The van der Waals surface area contributed by atoms with E-state index in [-0.39, 0.29) is 5.69 Å². The Morgan fingerprint density at radius 1 is 1.00 bits per heavy atom. The van der Waals surface area contributed by atoms with Crippen LogP contribution in [0.2, 0.25) is 0 Å². The average Bonchev–Trinajstić information content (AvgIpc) is 2.49. The van der Waals surface area contributed by atoms with Crippen molar-refractivity contribution in [3.8, 4) is 11.8 Å². The lowest BCUT2D eigenvalue weighted by Gasteiger charge is -2.16. The summed E-state index contributed by atoms with van der Waals surface area (Å²) in [5, 5.41) is 12.5. The van der Waals surface area contributed by atoms with Gasteiger partial charge in [-0.1, -0.05) is 0 Å². The standard InChI is InChI=1S/C14H8F3N3O2/c15-14(16,17)22-13-7-5-12(6-8-13)20(19-21)11-3-1-10(9-18)2-4-11/h1-8H. The van der Waals surface area contributed by atoms with Crippen molar-refractivity contribution in [2.24, 2.45) is 5.29 Å². The van der Waals surface area contributed by atoms with E-state index in [0.29, 0.717) is 11.3 Å². The fourth-order valence-electron chi connectivity index (χ4n) is 1.71. The molecule has 0 heterocycles. The maximum Gasteiger partial charge on any atom is 0.573 e. The first-order valence-corrected chi connectivity index (χ1v) is 5.92. The van der Waals surface area contributed by atoms with E-state index in [2.05, 4.69) is 10.0 Å². The first kappa shape index (κ1) is 15.3. The van der Waals surface area contributed by atoms with E-state index in [0.717, 1.165) is 17.1 Å². The molecule has 0 aliphatic carbocycles. The molecule has 0 aliphatic heterocycles. The zero-order chi connectivity index (χ0) is 16.2. The van der Waals surface area contributed by atoms with Crippen molar-refractivity contribution in [2.75, 3.05) is 5.01 Å². The summed E-state index contributed by atoms with van der Waals surface area (Å²) in [6.07, 6.45) is -4.78. The lowest BCUT2D eigenvalue weighted by molar-refractivity contribution is -0.274. The summed E-state index contributed by atoms with van der Waals surface area (Å²) in [6, 6.07) is 12.6. The van der Waals surface area contributed by atoms with E-state index in [9.17, 15) is 18.1 Å². The minimum absolute atomic E-state index is 0.259. The smallest absolute Gasteiger partial charge is 0.406 e. The number of halogens is 3. The Labute approximate surface area is 123 Å². The normalized spacial score (nSPS) is 10.6. The van der Waals surface area contributed by atoms with E-state index in [1.165, 1.54) is 36.4 Å². The van der Waals surface area contributed by atoms with E-state index in [4.69, 9.17) is 5.26 Å². The van der Waals surface area contributed by atoms with Gasteiger partial charge in [0.25, 0.3) is 0 Å². The van der Waals surface area contributed by atoms with Crippen LogP contribution in [0.3, 0.4) is 0 Å². The monoisotopic (exact) mass is 307 g/mol. The van der Waals surface area contributed by atoms with Crippen LogP contribution in [0.15, 0.2) is 53.8 Å².